The lowest BCUT2D eigenvalue weighted by Crippen LogP contribution is -2.23. The predicted molar refractivity (Wildman–Crippen MR) is 230 cm³/mol. The van der Waals surface area contributed by atoms with Crippen LogP contribution in [0.3, 0.4) is 0 Å². The van der Waals surface area contributed by atoms with Crippen molar-refractivity contribution in [3.05, 3.63) is 135 Å². The zero-order valence-corrected chi connectivity index (χ0v) is 34.3. The number of aliphatic hydroxyl groups excluding tert-OH is 1. The molecule has 2 aliphatic rings. The number of fused-ring (bicyclic) bond motifs is 1. The molecular formula is C47H46ClN7O5. The fraction of sp³-hybridized carbons (Fsp3) is 0.298. The van der Waals surface area contributed by atoms with Crippen molar-refractivity contribution in [2.45, 2.75) is 59.1 Å². The number of nitrogens with one attached hydrogen (secondary N) is 1. The van der Waals surface area contributed by atoms with Crippen molar-refractivity contribution < 1.29 is 24.5 Å². The maximum absolute atomic E-state index is 11.7. The minimum atomic E-state index is -0.791. The zero-order chi connectivity index (χ0) is 41.8. The smallest absolute Gasteiger partial charge is 0.307 e. The first-order valence-corrected chi connectivity index (χ1v) is 20.5. The average molecular weight is 824 g/mol. The van der Waals surface area contributed by atoms with Crippen molar-refractivity contribution in [2.75, 3.05) is 31.5 Å². The molecule has 5 heterocycles. The third-order valence-electron chi connectivity index (χ3n) is 11.5. The molecule has 6 aromatic rings. The van der Waals surface area contributed by atoms with Gasteiger partial charge in [0.2, 0.25) is 0 Å². The molecule has 3 aromatic heterocycles. The minimum absolute atomic E-state index is 0.169. The van der Waals surface area contributed by atoms with Crippen LogP contribution in [-0.4, -0.2) is 73.2 Å². The topological polar surface area (TPSA) is 157 Å². The van der Waals surface area contributed by atoms with Gasteiger partial charge in [0.1, 0.15) is 36.3 Å². The Bertz CT molecular complexity index is 2600. The Morgan fingerprint density at radius 3 is 2.43 bits per heavy atom. The fourth-order valence-electron chi connectivity index (χ4n) is 8.13. The highest BCUT2D eigenvalue weighted by Crippen LogP contribution is 2.38. The van der Waals surface area contributed by atoms with Crippen LogP contribution < -0.4 is 14.8 Å². The summed E-state index contributed by atoms with van der Waals surface area (Å²) in [4.78, 5) is 29.6. The molecule has 2 saturated heterocycles. The molecule has 8 rings (SSSR count). The number of carboxylic acid groups (broad SMARTS) is 1. The number of carbonyl (C=O) groups is 1. The number of pyridine rings is 3. The van der Waals surface area contributed by atoms with Gasteiger partial charge in [-0.05, 0) is 96.9 Å². The first-order valence-electron chi connectivity index (χ1n) is 20.1. The van der Waals surface area contributed by atoms with Gasteiger partial charge < -0.3 is 25.0 Å². The van der Waals surface area contributed by atoms with Crippen LogP contribution in [0.15, 0.2) is 91.5 Å². The van der Waals surface area contributed by atoms with Gasteiger partial charge in [-0.3, -0.25) is 24.6 Å². The van der Waals surface area contributed by atoms with Crippen molar-refractivity contribution in [1.82, 2.24) is 24.8 Å². The number of β-amino-alcohol motifs (C(OH)–C–C–N with tert-alkyl or cyclic N) is 1. The van der Waals surface area contributed by atoms with Crippen molar-refractivity contribution in [2.24, 2.45) is 5.92 Å². The molecule has 3 aromatic carbocycles. The first kappa shape index (κ1) is 40.7. The number of anilines is 2. The standard InChI is InChI=1S/C47H46ClN7O5/c1-29-36(28-60-44-18-43(59-27-33-15-31(19-49)20-50-21-33)37(17-41(44)48)25-55-13-10-35(24-55)47(57)58)5-3-6-39(29)40-7-4-8-42(30(40)2)53-46-45-34(9-12-51-46)16-32(22-52-45)23-54-14-11-38(56)26-54/h3-9,12,15-18,20-22,35,38,56H,10-11,13-14,23-28H2,1-2H3,(H,51,53)(H,57,58). The molecule has 0 bridgehead atoms. The average Bonchev–Trinajstić information content (AvgIpc) is 3.90. The summed E-state index contributed by atoms with van der Waals surface area (Å²) < 4.78 is 12.7. The highest BCUT2D eigenvalue weighted by molar-refractivity contribution is 6.32. The molecule has 13 heteroatoms. The van der Waals surface area contributed by atoms with Crippen LogP contribution in [0.4, 0.5) is 11.5 Å². The van der Waals surface area contributed by atoms with Crippen LogP contribution in [0.5, 0.6) is 11.5 Å². The van der Waals surface area contributed by atoms with Gasteiger partial charge in [-0.15, -0.1) is 0 Å². The molecule has 0 spiro atoms. The molecule has 2 fully saturated rings. The first-order chi connectivity index (χ1) is 29.1. The van der Waals surface area contributed by atoms with E-state index in [1.165, 1.54) is 6.20 Å². The summed E-state index contributed by atoms with van der Waals surface area (Å²) in [6, 6.07) is 24.0. The number of nitriles is 1. The van der Waals surface area contributed by atoms with Crippen LogP contribution in [0.25, 0.3) is 22.0 Å². The predicted octanol–water partition coefficient (Wildman–Crippen LogP) is 8.21. The number of aliphatic carboxylic acids is 1. The summed E-state index contributed by atoms with van der Waals surface area (Å²) in [5.41, 5.74) is 10.1. The number of likely N-dealkylation sites (tertiary alicyclic amines) is 2. The van der Waals surface area contributed by atoms with Gasteiger partial charge in [0.05, 0.1) is 22.6 Å². The van der Waals surface area contributed by atoms with Crippen molar-refractivity contribution in [3.63, 3.8) is 0 Å². The van der Waals surface area contributed by atoms with E-state index in [0.717, 1.165) is 80.6 Å². The van der Waals surface area contributed by atoms with Crippen LogP contribution in [0.1, 0.15) is 51.8 Å². The van der Waals surface area contributed by atoms with Gasteiger partial charge in [0.15, 0.2) is 5.82 Å². The number of hydrogen-bond donors (Lipinski definition) is 3. The Balaban J connectivity index is 1.00. The van der Waals surface area contributed by atoms with Crippen LogP contribution in [0.2, 0.25) is 5.02 Å². The molecule has 60 heavy (non-hydrogen) atoms. The van der Waals surface area contributed by atoms with Gasteiger partial charge >= 0.3 is 5.97 Å². The minimum Gasteiger partial charge on any atom is -0.488 e. The number of hydrogen-bond acceptors (Lipinski definition) is 11. The van der Waals surface area contributed by atoms with Gasteiger partial charge in [-0.2, -0.15) is 5.26 Å². The van der Waals surface area contributed by atoms with E-state index in [9.17, 15) is 20.3 Å². The van der Waals surface area contributed by atoms with Gasteiger partial charge in [0.25, 0.3) is 0 Å². The lowest BCUT2D eigenvalue weighted by Gasteiger charge is -2.20. The third kappa shape index (κ3) is 9.20. The summed E-state index contributed by atoms with van der Waals surface area (Å²) in [6.07, 6.45) is 7.98. The molecule has 12 nitrogen and oxygen atoms in total. The second kappa shape index (κ2) is 18.0. The number of rotatable bonds is 14. The molecule has 0 aliphatic carbocycles. The van der Waals surface area contributed by atoms with Crippen molar-refractivity contribution in [1.29, 1.82) is 5.26 Å². The number of aromatic nitrogens is 3. The molecule has 2 aliphatic heterocycles. The number of halogens is 1. The highest BCUT2D eigenvalue weighted by atomic mass is 35.5. The summed E-state index contributed by atoms with van der Waals surface area (Å²) in [5, 5.41) is 33.9. The number of nitrogens with zero attached hydrogens (tertiary/aromatic N) is 6. The fourth-order valence-corrected chi connectivity index (χ4v) is 8.37. The molecule has 2 unspecified atom stereocenters. The maximum Gasteiger partial charge on any atom is 0.307 e. The Hall–Kier alpha value is -6.10. The van der Waals surface area contributed by atoms with E-state index >= 15 is 0 Å². The summed E-state index contributed by atoms with van der Waals surface area (Å²) in [6.45, 7) is 8.48. The second-order valence-electron chi connectivity index (χ2n) is 15.7. The van der Waals surface area contributed by atoms with Gasteiger partial charge in [-0.25, -0.2) is 4.98 Å². The number of aliphatic hydroxyl groups is 1. The van der Waals surface area contributed by atoms with E-state index in [4.69, 9.17) is 26.1 Å². The normalized spacial score (nSPS) is 16.9. The lowest BCUT2D eigenvalue weighted by molar-refractivity contribution is -0.141. The maximum atomic E-state index is 11.7. The molecule has 306 valence electrons. The molecule has 0 amide bonds. The summed E-state index contributed by atoms with van der Waals surface area (Å²) in [7, 11) is 0. The van der Waals surface area contributed by atoms with E-state index in [1.807, 2.05) is 42.6 Å². The lowest BCUT2D eigenvalue weighted by atomic mass is 9.93. The third-order valence-corrected chi connectivity index (χ3v) is 11.8. The molecule has 3 N–H and O–H groups in total. The summed E-state index contributed by atoms with van der Waals surface area (Å²) >= 11 is 6.88. The highest BCUT2D eigenvalue weighted by Gasteiger charge is 2.29. The quantitative estimate of drug-likeness (QED) is 0.0969. The second-order valence-corrected chi connectivity index (χ2v) is 16.1. The van der Waals surface area contributed by atoms with Crippen molar-refractivity contribution in [3.8, 4) is 28.7 Å². The van der Waals surface area contributed by atoms with Crippen LogP contribution in [0, 0.1) is 31.1 Å². The Labute approximate surface area is 354 Å². The Kier molecular flexibility index (Phi) is 12.2. The van der Waals surface area contributed by atoms with E-state index in [2.05, 4.69) is 63.2 Å². The molecule has 0 saturated carbocycles. The molecule has 2 atom stereocenters. The van der Waals surface area contributed by atoms with Gasteiger partial charge in [-0.1, -0.05) is 41.9 Å². The van der Waals surface area contributed by atoms with E-state index in [0.29, 0.717) is 60.5 Å². The van der Waals surface area contributed by atoms with Gasteiger partial charge in [0, 0.05) is 85.8 Å². The van der Waals surface area contributed by atoms with Crippen molar-refractivity contribution >= 4 is 40.0 Å². The number of carboxylic acids is 1. The Morgan fingerprint density at radius 2 is 1.65 bits per heavy atom. The number of ether oxygens (including phenoxy) is 2. The SMILES string of the molecule is Cc1c(COc2cc(OCc3cncc(C#N)c3)c(CN3CCC(C(=O)O)C3)cc2Cl)cccc1-c1cccc(Nc2nccc3cc(CN4CCC(O)C4)cnc23)c1C. The zero-order valence-electron chi connectivity index (χ0n) is 33.6. The van der Waals surface area contributed by atoms with E-state index < -0.39 is 11.9 Å². The number of benzene rings is 3. The van der Waals surface area contributed by atoms with E-state index in [1.54, 1.807) is 24.5 Å². The largest absolute Gasteiger partial charge is 0.488 e. The Morgan fingerprint density at radius 1 is 0.867 bits per heavy atom. The summed E-state index contributed by atoms with van der Waals surface area (Å²) in [5.74, 6) is 0.484. The van der Waals surface area contributed by atoms with Crippen LogP contribution in [-0.2, 0) is 31.1 Å². The molecule has 0 radical (unpaired) electrons. The van der Waals surface area contributed by atoms with E-state index in [-0.39, 0.29) is 19.3 Å². The van der Waals surface area contributed by atoms with Crippen LogP contribution >= 0.6 is 11.6 Å². The monoisotopic (exact) mass is 823 g/mol. The molecular weight excluding hydrogens is 778 g/mol.